The van der Waals surface area contributed by atoms with E-state index in [9.17, 15) is 10.2 Å². The third-order valence-electron chi connectivity index (χ3n) is 5.38. The number of aliphatic hydroxyl groups is 2. The van der Waals surface area contributed by atoms with Gasteiger partial charge in [0.05, 0.1) is 17.9 Å². The van der Waals surface area contributed by atoms with Crippen LogP contribution < -0.4 is 10.6 Å². The Balaban J connectivity index is 0.000000221. The lowest BCUT2D eigenvalue weighted by atomic mass is 10.1. The molecule has 2 aliphatic rings. The molecule has 2 aliphatic heterocycles. The number of hydrogen-bond donors (Lipinski definition) is 4. The van der Waals surface area contributed by atoms with Crippen molar-refractivity contribution in [2.75, 3.05) is 31.1 Å². The van der Waals surface area contributed by atoms with Gasteiger partial charge in [-0.3, -0.25) is 0 Å². The molecule has 0 aliphatic carbocycles. The van der Waals surface area contributed by atoms with Crippen molar-refractivity contribution in [1.29, 1.82) is 10.5 Å². The quantitative estimate of drug-likeness (QED) is 0.304. The van der Waals surface area contributed by atoms with Gasteiger partial charge < -0.3 is 30.7 Å². The molecular weight excluding hydrogens is 432 g/mol. The average molecular weight is 461 g/mol. The lowest BCUT2D eigenvalue weighted by Crippen LogP contribution is -2.38. The van der Waals surface area contributed by atoms with Crippen molar-refractivity contribution >= 4 is 35.1 Å². The molecule has 1 aromatic rings. The Morgan fingerprint density at radius 1 is 1.19 bits per heavy atom. The number of thiocarbonyl (C=S) groups is 1. The molecule has 3 heterocycles. The van der Waals surface area contributed by atoms with E-state index < -0.39 is 0 Å². The Morgan fingerprint density at radius 3 is 2.39 bits per heavy atom. The number of nitrogens with one attached hydrogen (secondary N) is 1. The lowest BCUT2D eigenvalue weighted by Gasteiger charge is -2.32. The van der Waals surface area contributed by atoms with Crippen molar-refractivity contribution in [2.45, 2.75) is 44.8 Å². The Kier molecular flexibility index (Phi) is 9.41. The largest absolute Gasteiger partial charge is 0.391 e. The number of aliphatic hydroxyl groups excluding tert-OH is 2. The molecule has 2 unspecified atom stereocenters. The monoisotopic (exact) mass is 460 g/mol. The second-order valence-corrected chi connectivity index (χ2v) is 8.45. The molecule has 2 saturated heterocycles. The zero-order chi connectivity index (χ0) is 23.0. The molecule has 2 fully saturated rings. The Bertz CT molecular complexity index is 962. The predicted octanol–water partition coefficient (Wildman–Crippen LogP) is 2.10. The first kappa shape index (κ1) is 24.8. The van der Waals surface area contributed by atoms with E-state index in [-0.39, 0.29) is 17.2 Å². The lowest BCUT2D eigenvalue weighted by molar-refractivity contribution is 0.0879. The minimum Gasteiger partial charge on any atom is -0.391 e. The molecule has 3 rings (SSSR count). The number of nitriles is 2. The normalized spacial score (nSPS) is 21.7. The molecule has 0 spiro atoms. The van der Waals surface area contributed by atoms with Gasteiger partial charge in [0, 0.05) is 38.1 Å². The third kappa shape index (κ3) is 6.74. The van der Waals surface area contributed by atoms with Gasteiger partial charge in [0.1, 0.15) is 32.9 Å². The van der Waals surface area contributed by atoms with Gasteiger partial charge in [-0.15, -0.1) is 0 Å². The number of aromatic nitrogens is 1. The number of nitrogens with zero attached hydrogens (tertiary/aromatic N) is 4. The first-order valence-corrected chi connectivity index (χ1v) is 11.0. The van der Waals surface area contributed by atoms with Gasteiger partial charge >= 0.3 is 0 Å². The van der Waals surface area contributed by atoms with Crippen LogP contribution in [-0.2, 0) is 0 Å². The van der Waals surface area contributed by atoms with Crippen molar-refractivity contribution in [3.05, 3.63) is 33.7 Å². The summed E-state index contributed by atoms with van der Waals surface area (Å²) in [5.41, 5.74) is 7.88. The highest BCUT2D eigenvalue weighted by molar-refractivity contribution is 7.80. The zero-order valence-electron chi connectivity index (χ0n) is 17.5. The fourth-order valence-electron chi connectivity index (χ4n) is 3.75. The second kappa shape index (κ2) is 11.8. The van der Waals surface area contributed by atoms with Crippen LogP contribution in [0.2, 0.25) is 0 Å². The Hall–Kier alpha value is -2.50. The number of hydrogen-bond acceptors (Lipinski definition) is 8. The summed E-state index contributed by atoms with van der Waals surface area (Å²) in [6.07, 6.45) is 4.63. The number of nitrogens with two attached hydrogens (primary N) is 1. The summed E-state index contributed by atoms with van der Waals surface area (Å²) in [5, 5.41) is 37.1. The third-order valence-corrected chi connectivity index (χ3v) is 5.90. The summed E-state index contributed by atoms with van der Waals surface area (Å²) >= 11 is 9.87. The van der Waals surface area contributed by atoms with E-state index in [4.69, 9.17) is 40.7 Å². The molecule has 1 aromatic heterocycles. The number of H-pyrrole nitrogens is 1. The average Bonchev–Trinajstić information content (AvgIpc) is 2.74. The van der Waals surface area contributed by atoms with E-state index in [1.807, 2.05) is 28.9 Å². The summed E-state index contributed by atoms with van der Waals surface area (Å²) in [6, 6.07) is 5.96. The highest BCUT2D eigenvalue weighted by Crippen LogP contribution is 2.23. The molecule has 31 heavy (non-hydrogen) atoms. The fourth-order valence-corrected chi connectivity index (χ4v) is 4.16. The van der Waals surface area contributed by atoms with Gasteiger partial charge in [0.25, 0.3) is 0 Å². The minimum atomic E-state index is -0.319. The van der Waals surface area contributed by atoms with Crippen LogP contribution in [0, 0.1) is 27.3 Å². The van der Waals surface area contributed by atoms with E-state index in [2.05, 4.69) is 11.1 Å². The van der Waals surface area contributed by atoms with Crippen LogP contribution in [0.5, 0.6) is 0 Å². The van der Waals surface area contributed by atoms with Crippen LogP contribution in [0.1, 0.15) is 38.2 Å². The second-order valence-electron chi connectivity index (χ2n) is 7.60. The molecule has 0 saturated carbocycles. The minimum absolute atomic E-state index is 0.120. The number of aromatic amines is 1. The molecule has 0 amide bonds. The van der Waals surface area contributed by atoms with Crippen molar-refractivity contribution in [2.24, 2.45) is 5.73 Å². The predicted molar refractivity (Wildman–Crippen MR) is 126 cm³/mol. The van der Waals surface area contributed by atoms with E-state index in [0.717, 1.165) is 50.2 Å². The van der Waals surface area contributed by atoms with Gasteiger partial charge in [0.15, 0.2) is 0 Å². The summed E-state index contributed by atoms with van der Waals surface area (Å²) in [6.45, 7) is 4.66. The van der Waals surface area contributed by atoms with Gasteiger partial charge in [-0.05, 0) is 38.7 Å². The van der Waals surface area contributed by atoms with Crippen molar-refractivity contribution in [3.63, 3.8) is 0 Å². The Morgan fingerprint density at radius 2 is 1.84 bits per heavy atom. The standard InChI is InChI=1S/C11H13N3OS.C10H15N3OS/c12-6-9-10(3-4-13-11(9)16)14-5-1-2-8(15)7-14;1-7(9(5-11)10(12)15)13-4-2-3-8(14)6-13/h3-4,8,15H,1-2,5,7H2,(H,13,16);8,14H,2-4,6H2,1H3,(H2,12,15)/b;9-7-. The number of anilines is 1. The van der Waals surface area contributed by atoms with Crippen LogP contribution in [0.4, 0.5) is 5.69 Å². The molecule has 0 radical (unpaired) electrons. The van der Waals surface area contributed by atoms with Gasteiger partial charge in [-0.25, -0.2) is 0 Å². The Labute approximate surface area is 193 Å². The van der Waals surface area contributed by atoms with Gasteiger partial charge in [-0.1, -0.05) is 24.4 Å². The maximum Gasteiger partial charge on any atom is 0.123 e. The summed E-state index contributed by atoms with van der Waals surface area (Å²) in [7, 11) is 0. The molecule has 5 N–H and O–H groups in total. The van der Waals surface area contributed by atoms with E-state index >= 15 is 0 Å². The SMILES string of the molecule is C/C(=C(\C#N)C(N)=S)N1CCCC(O)C1.N#Cc1c(N2CCCC(O)C2)cc[nH]c1=S. The number of piperidine rings is 2. The van der Waals surface area contributed by atoms with Crippen molar-refractivity contribution < 1.29 is 10.2 Å². The van der Waals surface area contributed by atoms with Gasteiger partial charge in [-0.2, -0.15) is 10.5 Å². The maximum atomic E-state index is 9.62. The van der Waals surface area contributed by atoms with Crippen LogP contribution in [0.15, 0.2) is 23.5 Å². The van der Waals surface area contributed by atoms with Crippen LogP contribution in [0.25, 0.3) is 0 Å². The smallest absolute Gasteiger partial charge is 0.123 e. The molecule has 2 atom stereocenters. The maximum absolute atomic E-state index is 9.62. The first-order valence-electron chi connectivity index (χ1n) is 10.2. The molecule has 8 nitrogen and oxygen atoms in total. The summed E-state index contributed by atoms with van der Waals surface area (Å²) in [4.78, 5) is 6.95. The molecule has 166 valence electrons. The van der Waals surface area contributed by atoms with Crippen LogP contribution >= 0.6 is 24.4 Å². The van der Waals surface area contributed by atoms with E-state index in [1.165, 1.54) is 0 Å². The zero-order valence-corrected chi connectivity index (χ0v) is 19.2. The number of rotatable bonds is 3. The van der Waals surface area contributed by atoms with E-state index in [0.29, 0.717) is 28.9 Å². The summed E-state index contributed by atoms with van der Waals surface area (Å²) < 4.78 is 0.458. The fraction of sp³-hybridized carbons (Fsp3) is 0.524. The number of allylic oxidation sites excluding steroid dienone is 1. The van der Waals surface area contributed by atoms with Crippen molar-refractivity contribution in [1.82, 2.24) is 9.88 Å². The molecule has 0 aromatic carbocycles. The molecule has 0 bridgehead atoms. The topological polar surface area (TPSA) is 136 Å². The van der Waals surface area contributed by atoms with Crippen molar-refractivity contribution in [3.8, 4) is 12.1 Å². The number of likely N-dealkylation sites (tertiary alicyclic amines) is 1. The van der Waals surface area contributed by atoms with E-state index in [1.54, 1.807) is 6.20 Å². The van der Waals surface area contributed by atoms with Crippen LogP contribution in [-0.4, -0.2) is 63.5 Å². The van der Waals surface area contributed by atoms with Gasteiger partial charge in [0.2, 0.25) is 0 Å². The van der Waals surface area contributed by atoms with Crippen LogP contribution in [0.3, 0.4) is 0 Å². The highest BCUT2D eigenvalue weighted by atomic mass is 32.1. The first-order chi connectivity index (χ1) is 14.8. The molecule has 10 heteroatoms. The molecular formula is C21H28N6O2S2. The summed E-state index contributed by atoms with van der Waals surface area (Å²) in [5.74, 6) is 0. The number of β-amino-alcohol motifs (C(OH)–C–C–N with tert-alkyl or cyclic N) is 2. The number of pyridine rings is 1. The highest BCUT2D eigenvalue weighted by Gasteiger charge is 2.21.